The van der Waals surface area contributed by atoms with Gasteiger partial charge in [-0.15, -0.1) is 11.8 Å². The lowest BCUT2D eigenvalue weighted by Crippen LogP contribution is -2.47. The number of carbonyl (C=O) groups excluding carboxylic acids is 1. The van der Waals surface area contributed by atoms with E-state index < -0.39 is 16.1 Å². The minimum absolute atomic E-state index is 0.340. The standard InChI is InChI=1S/C20H26N2O3S2/c1-5-18(20(23)21-17-9-7-8-10-19(17)26-6-2)22(27(4,24)25)16-13-11-15(3)12-14-16/h7-14,18H,5-6H2,1-4H3,(H,21,23)/t18-/m0/s1. The molecule has 1 atom stereocenters. The van der Waals surface area contributed by atoms with E-state index >= 15 is 0 Å². The quantitative estimate of drug-likeness (QED) is 0.664. The van der Waals surface area contributed by atoms with Crippen LogP contribution in [0.25, 0.3) is 0 Å². The van der Waals surface area contributed by atoms with Crippen molar-refractivity contribution in [1.82, 2.24) is 0 Å². The molecule has 2 rings (SSSR count). The van der Waals surface area contributed by atoms with Gasteiger partial charge in [-0.2, -0.15) is 0 Å². The lowest BCUT2D eigenvalue weighted by Gasteiger charge is -2.30. The second-order valence-corrected chi connectivity index (χ2v) is 9.40. The number of nitrogens with one attached hydrogen (secondary N) is 1. The molecule has 0 unspecified atom stereocenters. The molecule has 0 aromatic heterocycles. The van der Waals surface area contributed by atoms with Crippen LogP contribution in [0.15, 0.2) is 53.4 Å². The van der Waals surface area contributed by atoms with Crippen molar-refractivity contribution >= 4 is 39.1 Å². The summed E-state index contributed by atoms with van der Waals surface area (Å²) in [7, 11) is -3.63. The number of carbonyl (C=O) groups is 1. The summed E-state index contributed by atoms with van der Waals surface area (Å²) in [6.45, 7) is 5.78. The summed E-state index contributed by atoms with van der Waals surface area (Å²) in [6, 6.07) is 13.8. The number of hydrogen-bond acceptors (Lipinski definition) is 4. The number of thioether (sulfide) groups is 1. The number of anilines is 2. The molecule has 0 bridgehead atoms. The van der Waals surface area contributed by atoms with E-state index in [1.165, 1.54) is 4.31 Å². The summed E-state index contributed by atoms with van der Waals surface area (Å²) in [4.78, 5) is 14.0. The van der Waals surface area contributed by atoms with E-state index in [2.05, 4.69) is 5.32 Å². The Kier molecular flexibility index (Phi) is 7.33. The van der Waals surface area contributed by atoms with Crippen molar-refractivity contribution in [1.29, 1.82) is 0 Å². The van der Waals surface area contributed by atoms with Crippen molar-refractivity contribution in [2.45, 2.75) is 38.1 Å². The van der Waals surface area contributed by atoms with Gasteiger partial charge in [-0.05, 0) is 43.4 Å². The lowest BCUT2D eigenvalue weighted by atomic mass is 10.1. The van der Waals surface area contributed by atoms with E-state index in [0.29, 0.717) is 17.8 Å². The third kappa shape index (κ3) is 5.49. The molecule has 0 aliphatic heterocycles. The highest BCUT2D eigenvalue weighted by Gasteiger charge is 2.31. The van der Waals surface area contributed by atoms with Gasteiger partial charge in [0, 0.05) is 4.90 Å². The normalized spacial score (nSPS) is 12.4. The van der Waals surface area contributed by atoms with E-state index in [1.807, 2.05) is 57.2 Å². The van der Waals surface area contributed by atoms with Crippen LogP contribution < -0.4 is 9.62 Å². The zero-order chi connectivity index (χ0) is 20.0. The van der Waals surface area contributed by atoms with Crippen LogP contribution in [-0.4, -0.2) is 32.4 Å². The van der Waals surface area contributed by atoms with Gasteiger partial charge in [0.1, 0.15) is 6.04 Å². The fourth-order valence-electron chi connectivity index (χ4n) is 2.82. The summed E-state index contributed by atoms with van der Waals surface area (Å²) in [5, 5.41) is 2.91. The molecule has 0 spiro atoms. The molecule has 1 amide bonds. The van der Waals surface area contributed by atoms with Crippen LogP contribution in [0.2, 0.25) is 0 Å². The summed E-state index contributed by atoms with van der Waals surface area (Å²) < 4.78 is 26.2. The maximum Gasteiger partial charge on any atom is 0.248 e. The molecular weight excluding hydrogens is 380 g/mol. The number of para-hydroxylation sites is 1. The number of aryl methyl sites for hydroxylation is 1. The van der Waals surface area contributed by atoms with Gasteiger partial charge in [-0.3, -0.25) is 9.10 Å². The maximum absolute atomic E-state index is 13.0. The number of benzene rings is 2. The molecule has 146 valence electrons. The summed E-state index contributed by atoms with van der Waals surface area (Å²) >= 11 is 1.63. The first-order chi connectivity index (χ1) is 12.8. The zero-order valence-electron chi connectivity index (χ0n) is 16.1. The Balaban J connectivity index is 2.37. The van der Waals surface area contributed by atoms with Gasteiger partial charge in [0.15, 0.2) is 0 Å². The molecule has 2 aromatic carbocycles. The molecule has 7 heteroatoms. The van der Waals surface area contributed by atoms with Gasteiger partial charge in [0.25, 0.3) is 0 Å². The average molecular weight is 407 g/mol. The highest BCUT2D eigenvalue weighted by molar-refractivity contribution is 7.99. The van der Waals surface area contributed by atoms with Crippen LogP contribution in [0.1, 0.15) is 25.8 Å². The molecule has 2 aromatic rings. The molecule has 27 heavy (non-hydrogen) atoms. The topological polar surface area (TPSA) is 66.5 Å². The van der Waals surface area contributed by atoms with Crippen LogP contribution >= 0.6 is 11.8 Å². The number of sulfonamides is 1. The summed E-state index contributed by atoms with van der Waals surface area (Å²) in [5.41, 5.74) is 2.21. The Morgan fingerprint density at radius 3 is 2.30 bits per heavy atom. The van der Waals surface area contributed by atoms with E-state index in [0.717, 1.165) is 22.5 Å². The molecule has 0 aliphatic rings. The van der Waals surface area contributed by atoms with Crippen molar-refractivity contribution in [3.8, 4) is 0 Å². The second kappa shape index (κ2) is 9.28. The smallest absolute Gasteiger partial charge is 0.248 e. The predicted octanol–water partition coefficient (Wildman–Crippen LogP) is 4.29. The van der Waals surface area contributed by atoms with Gasteiger partial charge in [-0.25, -0.2) is 8.42 Å². The molecule has 0 aliphatic carbocycles. The molecule has 0 radical (unpaired) electrons. The van der Waals surface area contributed by atoms with Crippen LogP contribution in [0.4, 0.5) is 11.4 Å². The van der Waals surface area contributed by atoms with Gasteiger partial charge < -0.3 is 5.32 Å². The van der Waals surface area contributed by atoms with Crippen LogP contribution in [-0.2, 0) is 14.8 Å². The number of rotatable bonds is 8. The van der Waals surface area contributed by atoms with Gasteiger partial charge in [-0.1, -0.05) is 43.7 Å². The van der Waals surface area contributed by atoms with E-state index in [9.17, 15) is 13.2 Å². The van der Waals surface area contributed by atoms with E-state index in [1.54, 1.807) is 23.9 Å². The third-order valence-corrected chi connectivity index (χ3v) is 6.20. The number of hydrogen-bond donors (Lipinski definition) is 1. The minimum Gasteiger partial charge on any atom is -0.323 e. The van der Waals surface area contributed by atoms with Gasteiger partial charge in [0.2, 0.25) is 15.9 Å². The van der Waals surface area contributed by atoms with Crippen molar-refractivity contribution in [3.05, 3.63) is 54.1 Å². The Morgan fingerprint density at radius 1 is 1.11 bits per heavy atom. The van der Waals surface area contributed by atoms with Crippen LogP contribution in [0.5, 0.6) is 0 Å². The van der Waals surface area contributed by atoms with E-state index in [-0.39, 0.29) is 5.91 Å². The number of amides is 1. The Labute approximate surface area is 166 Å². The Morgan fingerprint density at radius 2 is 1.74 bits per heavy atom. The highest BCUT2D eigenvalue weighted by Crippen LogP contribution is 2.28. The minimum atomic E-state index is -3.63. The fourth-order valence-corrected chi connectivity index (χ4v) is 4.79. The monoisotopic (exact) mass is 406 g/mol. The van der Waals surface area contributed by atoms with Crippen LogP contribution in [0.3, 0.4) is 0 Å². The summed E-state index contributed by atoms with van der Waals surface area (Å²) in [6.07, 6.45) is 1.49. The second-order valence-electron chi connectivity index (χ2n) is 6.24. The molecule has 5 nitrogen and oxygen atoms in total. The first-order valence-electron chi connectivity index (χ1n) is 8.86. The van der Waals surface area contributed by atoms with Crippen LogP contribution in [0, 0.1) is 6.92 Å². The SMILES string of the molecule is CCSc1ccccc1NC(=O)[C@H](CC)N(c1ccc(C)cc1)S(C)(=O)=O. The number of nitrogens with zero attached hydrogens (tertiary/aromatic N) is 1. The average Bonchev–Trinajstić information content (AvgIpc) is 2.61. The third-order valence-electron chi connectivity index (χ3n) is 4.06. The van der Waals surface area contributed by atoms with Gasteiger partial charge in [0.05, 0.1) is 17.6 Å². The highest BCUT2D eigenvalue weighted by atomic mass is 32.2. The zero-order valence-corrected chi connectivity index (χ0v) is 17.7. The predicted molar refractivity (Wildman–Crippen MR) is 114 cm³/mol. The molecule has 0 fully saturated rings. The first-order valence-corrected chi connectivity index (χ1v) is 11.7. The van der Waals surface area contributed by atoms with Gasteiger partial charge >= 0.3 is 0 Å². The lowest BCUT2D eigenvalue weighted by molar-refractivity contribution is -0.117. The van der Waals surface area contributed by atoms with Crippen molar-refractivity contribution in [3.63, 3.8) is 0 Å². The molecule has 0 saturated heterocycles. The summed E-state index contributed by atoms with van der Waals surface area (Å²) in [5.74, 6) is 0.538. The molecule has 0 heterocycles. The van der Waals surface area contributed by atoms with Crippen molar-refractivity contribution in [2.24, 2.45) is 0 Å². The molecular formula is C20H26N2O3S2. The molecule has 1 N–H and O–H groups in total. The Bertz CT molecular complexity index is 880. The van der Waals surface area contributed by atoms with E-state index in [4.69, 9.17) is 0 Å². The maximum atomic E-state index is 13.0. The fraction of sp³-hybridized carbons (Fsp3) is 0.350. The Hall–Kier alpha value is -1.99. The van der Waals surface area contributed by atoms with Crippen molar-refractivity contribution in [2.75, 3.05) is 21.6 Å². The van der Waals surface area contributed by atoms with Crippen molar-refractivity contribution < 1.29 is 13.2 Å². The molecule has 0 saturated carbocycles. The largest absolute Gasteiger partial charge is 0.323 e. The first kappa shape index (κ1) is 21.3.